The molecule has 22 heavy (non-hydrogen) atoms. The first-order valence-corrected chi connectivity index (χ1v) is 8.08. The fourth-order valence-corrected chi connectivity index (χ4v) is 2.78. The Bertz CT molecular complexity index is 789. The van der Waals surface area contributed by atoms with Crippen LogP contribution in [0.4, 0.5) is 5.69 Å². The van der Waals surface area contributed by atoms with Crippen molar-refractivity contribution in [2.45, 2.75) is 4.90 Å². The molecule has 2 rings (SSSR count). The van der Waals surface area contributed by atoms with Crippen LogP contribution in [0, 0.1) is 0 Å². The van der Waals surface area contributed by atoms with Gasteiger partial charge in [-0.15, -0.1) is 0 Å². The predicted octanol–water partition coefficient (Wildman–Crippen LogP) is 2.24. The zero-order chi connectivity index (χ0) is 16.3. The maximum atomic E-state index is 12.1. The topological polar surface area (TPSA) is 79.4 Å². The van der Waals surface area contributed by atoms with Gasteiger partial charge in [-0.25, -0.2) is 17.7 Å². The van der Waals surface area contributed by atoms with Crippen LogP contribution >= 0.6 is 11.6 Å². The van der Waals surface area contributed by atoms with Crippen molar-refractivity contribution >= 4 is 33.2 Å². The number of nitrogens with one attached hydrogen (secondary N) is 1. The molecule has 1 N–H and O–H groups in total. The van der Waals surface area contributed by atoms with Crippen LogP contribution in [0.2, 0.25) is 5.15 Å². The number of rotatable bonds is 4. The quantitative estimate of drug-likeness (QED) is 0.866. The van der Waals surface area contributed by atoms with Crippen LogP contribution in [0.1, 0.15) is 10.4 Å². The van der Waals surface area contributed by atoms with Gasteiger partial charge in [-0.05, 0) is 36.4 Å². The zero-order valence-electron chi connectivity index (χ0n) is 11.9. The number of aromatic nitrogens is 1. The van der Waals surface area contributed by atoms with Gasteiger partial charge < -0.3 is 5.32 Å². The van der Waals surface area contributed by atoms with Crippen molar-refractivity contribution in [1.29, 1.82) is 0 Å². The molecule has 0 aliphatic rings. The number of nitrogens with zero attached hydrogens (tertiary/aromatic N) is 2. The van der Waals surface area contributed by atoms with Gasteiger partial charge in [0.1, 0.15) is 5.15 Å². The maximum absolute atomic E-state index is 12.1. The molecule has 0 saturated heterocycles. The van der Waals surface area contributed by atoms with Gasteiger partial charge in [-0.3, -0.25) is 4.79 Å². The Labute approximate surface area is 133 Å². The van der Waals surface area contributed by atoms with Crippen LogP contribution in [0.5, 0.6) is 0 Å². The van der Waals surface area contributed by atoms with E-state index in [0.29, 0.717) is 5.69 Å². The fourth-order valence-electron chi connectivity index (χ4n) is 1.67. The third-order valence-electron chi connectivity index (χ3n) is 2.89. The Hall–Kier alpha value is -1.96. The monoisotopic (exact) mass is 339 g/mol. The predicted molar refractivity (Wildman–Crippen MR) is 84.5 cm³/mol. The van der Waals surface area contributed by atoms with Crippen molar-refractivity contribution in [2.24, 2.45) is 0 Å². The minimum atomic E-state index is -3.49. The van der Waals surface area contributed by atoms with E-state index in [0.717, 1.165) is 4.31 Å². The van der Waals surface area contributed by atoms with Crippen LogP contribution in [0.3, 0.4) is 0 Å². The van der Waals surface area contributed by atoms with E-state index in [2.05, 4.69) is 10.3 Å². The van der Waals surface area contributed by atoms with Crippen molar-refractivity contribution < 1.29 is 13.2 Å². The lowest BCUT2D eigenvalue weighted by atomic mass is 10.2. The first-order chi connectivity index (χ1) is 10.3. The van der Waals surface area contributed by atoms with Crippen molar-refractivity contribution in [1.82, 2.24) is 9.29 Å². The highest BCUT2D eigenvalue weighted by molar-refractivity contribution is 7.89. The van der Waals surface area contributed by atoms with Gasteiger partial charge in [-0.2, -0.15) is 0 Å². The van der Waals surface area contributed by atoms with E-state index in [-0.39, 0.29) is 15.6 Å². The summed E-state index contributed by atoms with van der Waals surface area (Å²) in [6.45, 7) is 0. The summed E-state index contributed by atoms with van der Waals surface area (Å²) < 4.78 is 25.0. The van der Waals surface area contributed by atoms with E-state index in [4.69, 9.17) is 11.6 Å². The average molecular weight is 340 g/mol. The Kier molecular flexibility index (Phi) is 4.80. The zero-order valence-corrected chi connectivity index (χ0v) is 13.5. The third kappa shape index (κ3) is 3.44. The number of hydrogen-bond donors (Lipinski definition) is 1. The molecule has 6 nitrogen and oxygen atoms in total. The van der Waals surface area contributed by atoms with Crippen molar-refractivity contribution in [2.75, 3.05) is 19.4 Å². The van der Waals surface area contributed by atoms with Crippen LogP contribution < -0.4 is 5.32 Å². The van der Waals surface area contributed by atoms with E-state index in [9.17, 15) is 13.2 Å². The molecule has 0 aliphatic carbocycles. The van der Waals surface area contributed by atoms with Gasteiger partial charge in [0, 0.05) is 26.0 Å². The van der Waals surface area contributed by atoms with Crippen molar-refractivity contribution in [3.8, 4) is 0 Å². The lowest BCUT2D eigenvalue weighted by Crippen LogP contribution is -2.22. The number of amides is 1. The van der Waals surface area contributed by atoms with Gasteiger partial charge in [-0.1, -0.05) is 11.6 Å². The summed E-state index contributed by atoms with van der Waals surface area (Å²) in [7, 11) is -0.584. The SMILES string of the molecule is CN(C)S(=O)(=O)c1ccc(NC(=O)c2cccnc2Cl)cc1. The molecule has 1 aromatic carbocycles. The molecule has 0 unspecified atom stereocenters. The van der Waals surface area contributed by atoms with Gasteiger partial charge in [0.15, 0.2) is 0 Å². The summed E-state index contributed by atoms with van der Waals surface area (Å²) in [5.74, 6) is -0.415. The van der Waals surface area contributed by atoms with E-state index in [1.807, 2.05) is 0 Å². The third-order valence-corrected chi connectivity index (χ3v) is 5.02. The van der Waals surface area contributed by atoms with Crippen LogP contribution in [0.15, 0.2) is 47.5 Å². The molecule has 0 bridgehead atoms. The van der Waals surface area contributed by atoms with Gasteiger partial charge in [0.25, 0.3) is 5.91 Å². The molecule has 0 aliphatic heterocycles. The highest BCUT2D eigenvalue weighted by Gasteiger charge is 2.17. The van der Waals surface area contributed by atoms with E-state index < -0.39 is 15.9 Å². The highest BCUT2D eigenvalue weighted by atomic mass is 35.5. The molecule has 0 saturated carbocycles. The molecular formula is C14H14ClN3O3S. The lowest BCUT2D eigenvalue weighted by Gasteiger charge is -2.12. The second-order valence-electron chi connectivity index (χ2n) is 4.61. The minimum absolute atomic E-state index is 0.104. The maximum Gasteiger partial charge on any atom is 0.258 e. The largest absolute Gasteiger partial charge is 0.322 e. The summed E-state index contributed by atoms with van der Waals surface area (Å²) in [5.41, 5.74) is 0.705. The first kappa shape index (κ1) is 16.4. The highest BCUT2D eigenvalue weighted by Crippen LogP contribution is 2.18. The Morgan fingerprint density at radius 2 is 1.82 bits per heavy atom. The summed E-state index contributed by atoms with van der Waals surface area (Å²) in [4.78, 5) is 16.0. The smallest absolute Gasteiger partial charge is 0.258 e. The molecule has 116 valence electrons. The molecule has 8 heteroatoms. The molecule has 0 radical (unpaired) electrons. The van der Waals surface area contributed by atoms with Crippen LogP contribution in [0.25, 0.3) is 0 Å². The van der Waals surface area contributed by atoms with E-state index >= 15 is 0 Å². The number of pyridine rings is 1. The standard InChI is InChI=1S/C14H14ClN3O3S/c1-18(2)22(20,21)11-7-5-10(6-8-11)17-14(19)12-4-3-9-16-13(12)15/h3-9H,1-2H3,(H,17,19). The molecule has 0 fully saturated rings. The second-order valence-corrected chi connectivity index (χ2v) is 7.12. The normalized spacial score (nSPS) is 11.5. The molecule has 2 aromatic rings. The number of carbonyl (C=O) groups excluding carboxylic acids is 1. The summed E-state index contributed by atoms with van der Waals surface area (Å²) in [6, 6.07) is 9.03. The van der Waals surface area contributed by atoms with Gasteiger partial charge >= 0.3 is 0 Å². The summed E-state index contributed by atoms with van der Waals surface area (Å²) >= 11 is 5.85. The van der Waals surface area contributed by atoms with Crippen molar-refractivity contribution in [3.05, 3.63) is 53.3 Å². The molecule has 1 amide bonds. The molecular weight excluding hydrogens is 326 g/mol. The number of anilines is 1. The van der Waals surface area contributed by atoms with Crippen LogP contribution in [-0.4, -0.2) is 37.7 Å². The van der Waals surface area contributed by atoms with Gasteiger partial charge in [0.05, 0.1) is 10.5 Å². The number of carbonyl (C=O) groups is 1. The number of halogens is 1. The van der Waals surface area contributed by atoms with Crippen LogP contribution in [-0.2, 0) is 10.0 Å². The average Bonchev–Trinajstić information content (AvgIpc) is 2.48. The summed E-state index contributed by atoms with van der Waals surface area (Å²) in [6.07, 6.45) is 1.49. The Morgan fingerprint density at radius 3 is 2.36 bits per heavy atom. The minimum Gasteiger partial charge on any atom is -0.322 e. The van der Waals surface area contributed by atoms with Gasteiger partial charge in [0.2, 0.25) is 10.0 Å². The second kappa shape index (κ2) is 6.43. The molecule has 0 spiro atoms. The Balaban J connectivity index is 2.19. The summed E-state index contributed by atoms with van der Waals surface area (Å²) in [5, 5.41) is 2.74. The van der Waals surface area contributed by atoms with E-state index in [1.165, 1.54) is 44.6 Å². The number of hydrogen-bond acceptors (Lipinski definition) is 4. The Morgan fingerprint density at radius 1 is 1.18 bits per heavy atom. The molecule has 1 heterocycles. The number of sulfonamides is 1. The first-order valence-electron chi connectivity index (χ1n) is 6.27. The lowest BCUT2D eigenvalue weighted by molar-refractivity contribution is 0.102. The van der Waals surface area contributed by atoms with E-state index in [1.54, 1.807) is 12.1 Å². The van der Waals surface area contributed by atoms with Crippen molar-refractivity contribution in [3.63, 3.8) is 0 Å². The fraction of sp³-hybridized carbons (Fsp3) is 0.143. The number of benzene rings is 1. The molecule has 1 aromatic heterocycles. The molecule has 0 atom stereocenters.